The summed E-state index contributed by atoms with van der Waals surface area (Å²) >= 11 is 6.26. The largest absolute Gasteiger partial charge is 0.484 e. The lowest BCUT2D eigenvalue weighted by atomic mass is 9.87. The smallest absolute Gasteiger partial charge is 0.146 e. The van der Waals surface area contributed by atoms with Crippen molar-refractivity contribution < 1.29 is 4.74 Å². The Morgan fingerprint density at radius 1 is 1.32 bits per heavy atom. The van der Waals surface area contributed by atoms with Crippen LogP contribution in [0.3, 0.4) is 0 Å². The maximum Gasteiger partial charge on any atom is 0.146 e. The fourth-order valence-electron chi connectivity index (χ4n) is 1.76. The predicted molar refractivity (Wildman–Crippen MR) is 77.7 cm³/mol. The molecule has 0 radical (unpaired) electrons. The fraction of sp³-hybridized carbons (Fsp3) is 0.400. The number of ether oxygens (including phenoxy) is 1. The van der Waals surface area contributed by atoms with Gasteiger partial charge in [0.05, 0.1) is 5.02 Å². The van der Waals surface area contributed by atoms with Crippen molar-refractivity contribution >= 4 is 11.6 Å². The van der Waals surface area contributed by atoms with Crippen LogP contribution in [0.15, 0.2) is 30.6 Å². The number of aromatic nitrogens is 2. The number of imidazole rings is 1. The van der Waals surface area contributed by atoms with E-state index in [1.807, 2.05) is 29.9 Å². The number of rotatable bonds is 3. The van der Waals surface area contributed by atoms with Gasteiger partial charge in [-0.1, -0.05) is 38.4 Å². The van der Waals surface area contributed by atoms with Crippen molar-refractivity contribution in [1.29, 1.82) is 0 Å². The molecule has 3 nitrogen and oxygen atoms in total. The molecule has 0 aliphatic carbocycles. The third-order valence-corrected chi connectivity index (χ3v) is 3.37. The molecule has 1 heterocycles. The van der Waals surface area contributed by atoms with Crippen molar-refractivity contribution in [3.63, 3.8) is 0 Å². The summed E-state index contributed by atoms with van der Waals surface area (Å²) in [6.07, 6.45) is 3.64. The van der Waals surface area contributed by atoms with Crippen molar-refractivity contribution in [3.05, 3.63) is 47.0 Å². The van der Waals surface area contributed by atoms with Gasteiger partial charge in [0, 0.05) is 19.4 Å². The predicted octanol–water partition coefficient (Wildman–Crippen LogP) is 3.95. The second-order valence-corrected chi connectivity index (χ2v) is 6.05. The summed E-state index contributed by atoms with van der Waals surface area (Å²) in [5.74, 6) is 1.56. The summed E-state index contributed by atoms with van der Waals surface area (Å²) in [7, 11) is 1.94. The van der Waals surface area contributed by atoms with Crippen molar-refractivity contribution in [2.75, 3.05) is 0 Å². The minimum Gasteiger partial charge on any atom is -0.484 e. The van der Waals surface area contributed by atoms with E-state index >= 15 is 0 Å². The lowest BCUT2D eigenvalue weighted by molar-refractivity contribution is 0.292. The lowest BCUT2D eigenvalue weighted by Crippen LogP contribution is -2.11. The average Bonchev–Trinajstić information content (AvgIpc) is 2.72. The highest BCUT2D eigenvalue weighted by molar-refractivity contribution is 6.32. The molecular formula is C15H19ClN2O. The first kappa shape index (κ1) is 13.9. The Morgan fingerprint density at radius 2 is 2.05 bits per heavy atom. The second-order valence-electron chi connectivity index (χ2n) is 5.64. The molecule has 0 aliphatic heterocycles. The zero-order valence-electron chi connectivity index (χ0n) is 11.8. The summed E-state index contributed by atoms with van der Waals surface area (Å²) in [4.78, 5) is 4.21. The Kier molecular flexibility index (Phi) is 3.85. The van der Waals surface area contributed by atoms with Crippen LogP contribution in [0, 0.1) is 0 Å². The van der Waals surface area contributed by atoms with Gasteiger partial charge in [-0.15, -0.1) is 0 Å². The van der Waals surface area contributed by atoms with Crippen LogP contribution >= 0.6 is 11.6 Å². The van der Waals surface area contributed by atoms with Crippen molar-refractivity contribution in [2.24, 2.45) is 7.05 Å². The highest BCUT2D eigenvalue weighted by Crippen LogP contribution is 2.31. The van der Waals surface area contributed by atoms with Gasteiger partial charge in [-0.2, -0.15) is 0 Å². The number of hydrogen-bond acceptors (Lipinski definition) is 2. The molecule has 102 valence electrons. The molecule has 0 saturated carbocycles. The summed E-state index contributed by atoms with van der Waals surface area (Å²) in [5, 5.41) is 0.640. The van der Waals surface area contributed by atoms with Crippen LogP contribution in [0.25, 0.3) is 0 Å². The fourth-order valence-corrected chi connectivity index (χ4v) is 2.00. The third kappa shape index (κ3) is 3.29. The lowest BCUT2D eigenvalue weighted by Gasteiger charge is -2.20. The first-order valence-electron chi connectivity index (χ1n) is 6.27. The molecular weight excluding hydrogens is 260 g/mol. The maximum atomic E-state index is 6.26. The maximum absolute atomic E-state index is 6.26. The van der Waals surface area contributed by atoms with E-state index in [-0.39, 0.29) is 5.41 Å². The number of nitrogens with zero attached hydrogens (tertiary/aromatic N) is 2. The minimum absolute atomic E-state index is 0.0852. The van der Waals surface area contributed by atoms with Gasteiger partial charge in [0.2, 0.25) is 0 Å². The quantitative estimate of drug-likeness (QED) is 0.850. The Bertz CT molecular complexity index is 570. The average molecular weight is 279 g/mol. The summed E-state index contributed by atoms with van der Waals surface area (Å²) in [6, 6.07) is 5.95. The Labute approximate surface area is 119 Å². The molecule has 1 aromatic heterocycles. The van der Waals surface area contributed by atoms with E-state index in [0.29, 0.717) is 17.4 Å². The molecule has 2 rings (SSSR count). The van der Waals surface area contributed by atoms with Crippen LogP contribution in [-0.4, -0.2) is 9.55 Å². The first-order chi connectivity index (χ1) is 8.88. The van der Waals surface area contributed by atoms with E-state index in [2.05, 4.69) is 31.8 Å². The van der Waals surface area contributed by atoms with Crippen LogP contribution in [-0.2, 0) is 19.1 Å². The summed E-state index contributed by atoms with van der Waals surface area (Å²) < 4.78 is 7.64. The van der Waals surface area contributed by atoms with E-state index in [9.17, 15) is 0 Å². The number of aryl methyl sites for hydroxylation is 1. The van der Waals surface area contributed by atoms with Crippen molar-refractivity contribution in [2.45, 2.75) is 32.8 Å². The van der Waals surface area contributed by atoms with Crippen LogP contribution in [0.5, 0.6) is 5.75 Å². The van der Waals surface area contributed by atoms with E-state index in [4.69, 9.17) is 16.3 Å². The van der Waals surface area contributed by atoms with E-state index < -0.39 is 0 Å². The van der Waals surface area contributed by atoms with Crippen molar-refractivity contribution in [1.82, 2.24) is 9.55 Å². The van der Waals surface area contributed by atoms with E-state index in [0.717, 1.165) is 5.82 Å². The Morgan fingerprint density at radius 3 is 2.58 bits per heavy atom. The van der Waals surface area contributed by atoms with Gasteiger partial charge < -0.3 is 9.30 Å². The highest BCUT2D eigenvalue weighted by atomic mass is 35.5. The van der Waals surface area contributed by atoms with Crippen LogP contribution in [0.1, 0.15) is 32.2 Å². The van der Waals surface area contributed by atoms with E-state index in [1.165, 1.54) is 5.56 Å². The highest BCUT2D eigenvalue weighted by Gasteiger charge is 2.15. The molecule has 1 aromatic carbocycles. The van der Waals surface area contributed by atoms with Crippen LogP contribution < -0.4 is 4.74 Å². The molecule has 0 fully saturated rings. The molecule has 0 atom stereocenters. The van der Waals surface area contributed by atoms with Crippen molar-refractivity contribution in [3.8, 4) is 5.75 Å². The zero-order valence-corrected chi connectivity index (χ0v) is 12.5. The normalized spacial score (nSPS) is 11.6. The minimum atomic E-state index is 0.0852. The Hall–Kier alpha value is -1.48. The second kappa shape index (κ2) is 5.25. The molecule has 0 bridgehead atoms. The molecule has 0 amide bonds. The number of benzene rings is 1. The molecule has 19 heavy (non-hydrogen) atoms. The first-order valence-corrected chi connectivity index (χ1v) is 6.65. The van der Waals surface area contributed by atoms with Crippen LogP contribution in [0.4, 0.5) is 0 Å². The van der Waals surface area contributed by atoms with Crippen LogP contribution in [0.2, 0.25) is 5.02 Å². The molecule has 0 aliphatic rings. The Balaban J connectivity index is 2.12. The zero-order chi connectivity index (χ0) is 14.0. The monoisotopic (exact) mass is 278 g/mol. The third-order valence-electron chi connectivity index (χ3n) is 3.08. The SMILES string of the molecule is Cn1ccnc1COc1ccc(C(C)(C)C)cc1Cl. The van der Waals surface area contributed by atoms with Gasteiger partial charge in [0.1, 0.15) is 18.2 Å². The number of halogens is 1. The topological polar surface area (TPSA) is 27.1 Å². The molecule has 4 heteroatoms. The van der Waals surface area contributed by atoms with Gasteiger partial charge in [-0.25, -0.2) is 4.98 Å². The van der Waals surface area contributed by atoms with Gasteiger partial charge >= 0.3 is 0 Å². The molecule has 0 unspecified atom stereocenters. The summed E-state index contributed by atoms with van der Waals surface area (Å²) in [5.41, 5.74) is 1.28. The van der Waals surface area contributed by atoms with Gasteiger partial charge in [0.15, 0.2) is 0 Å². The molecule has 0 saturated heterocycles. The van der Waals surface area contributed by atoms with Gasteiger partial charge in [-0.05, 0) is 23.1 Å². The number of hydrogen-bond donors (Lipinski definition) is 0. The molecule has 2 aromatic rings. The molecule has 0 spiro atoms. The molecule has 0 N–H and O–H groups in total. The summed E-state index contributed by atoms with van der Waals surface area (Å²) in [6.45, 7) is 6.89. The van der Waals surface area contributed by atoms with Gasteiger partial charge in [0.25, 0.3) is 0 Å². The van der Waals surface area contributed by atoms with Gasteiger partial charge in [-0.3, -0.25) is 0 Å². The van der Waals surface area contributed by atoms with E-state index in [1.54, 1.807) is 6.20 Å². The standard InChI is InChI=1S/C15H19ClN2O/c1-15(2,3)11-5-6-13(12(16)9-11)19-10-14-17-7-8-18(14)4/h5-9H,10H2,1-4H3.